The summed E-state index contributed by atoms with van der Waals surface area (Å²) < 4.78 is 45.4. The van der Waals surface area contributed by atoms with Gasteiger partial charge >= 0.3 is 5.97 Å². The number of carboxylic acid groups (broad SMARTS) is 1. The fourth-order valence-corrected chi connectivity index (χ4v) is 5.57. The molecular formula is C28H31ClF3N3O3. The zero-order chi connectivity index (χ0) is 27.3. The van der Waals surface area contributed by atoms with E-state index < -0.39 is 23.4 Å². The number of carboxylic acids is 1. The summed E-state index contributed by atoms with van der Waals surface area (Å²) in [6.45, 7) is 2.48. The Kier molecular flexibility index (Phi) is 8.99. The minimum atomic E-state index is -1.49. The normalized spacial score (nSPS) is 15.5. The summed E-state index contributed by atoms with van der Waals surface area (Å²) in [6.07, 6.45) is 5.46. The summed E-state index contributed by atoms with van der Waals surface area (Å²) >= 11 is 6.51. The number of hydrogen-bond donors (Lipinski definition) is 2. The van der Waals surface area contributed by atoms with Crippen molar-refractivity contribution in [2.45, 2.75) is 38.5 Å². The highest BCUT2D eigenvalue weighted by atomic mass is 35.5. The Morgan fingerprint density at radius 3 is 2.55 bits per heavy atom. The highest BCUT2D eigenvalue weighted by Crippen LogP contribution is 2.40. The number of likely N-dealkylation sites (tertiary alicyclic amines) is 1. The number of carbonyl (C=O) groups is 1. The maximum atomic E-state index is 13.4. The van der Waals surface area contributed by atoms with E-state index in [1.807, 2.05) is 18.2 Å². The molecular weight excluding hydrogens is 519 g/mol. The van der Waals surface area contributed by atoms with E-state index in [0.717, 1.165) is 73.1 Å². The molecule has 3 aromatic rings. The predicted octanol–water partition coefficient (Wildman–Crippen LogP) is 6.31. The number of pyridine rings is 1. The van der Waals surface area contributed by atoms with Crippen molar-refractivity contribution in [3.63, 3.8) is 0 Å². The van der Waals surface area contributed by atoms with Crippen LogP contribution in [0.25, 0.3) is 10.9 Å². The largest absolute Gasteiger partial charge is 0.497 e. The second-order valence-electron chi connectivity index (χ2n) is 9.91. The fraction of sp³-hybridized carbons (Fsp3) is 0.429. The van der Waals surface area contributed by atoms with Gasteiger partial charge in [-0.05, 0) is 74.4 Å². The van der Waals surface area contributed by atoms with E-state index in [2.05, 4.69) is 15.2 Å². The minimum Gasteiger partial charge on any atom is -0.497 e. The van der Waals surface area contributed by atoms with Crippen molar-refractivity contribution >= 4 is 34.2 Å². The number of rotatable bonds is 11. The number of benzene rings is 2. The third kappa shape index (κ3) is 6.69. The van der Waals surface area contributed by atoms with E-state index in [-0.39, 0.29) is 17.5 Å². The van der Waals surface area contributed by atoms with Crippen LogP contribution < -0.4 is 10.1 Å². The van der Waals surface area contributed by atoms with Crippen LogP contribution in [0.3, 0.4) is 0 Å². The molecule has 2 aromatic carbocycles. The molecule has 0 aliphatic carbocycles. The monoisotopic (exact) mass is 549 g/mol. The van der Waals surface area contributed by atoms with Crippen molar-refractivity contribution in [1.82, 2.24) is 9.88 Å². The molecule has 0 bridgehead atoms. The van der Waals surface area contributed by atoms with Crippen LogP contribution in [0, 0.1) is 22.9 Å². The summed E-state index contributed by atoms with van der Waals surface area (Å²) in [4.78, 5) is 18.3. The topological polar surface area (TPSA) is 74.7 Å². The van der Waals surface area contributed by atoms with Gasteiger partial charge in [-0.1, -0.05) is 11.6 Å². The average molecular weight is 550 g/mol. The quantitative estimate of drug-likeness (QED) is 0.273. The Hall–Kier alpha value is -3.04. The van der Waals surface area contributed by atoms with Crippen molar-refractivity contribution in [2.75, 3.05) is 38.6 Å². The SMILES string of the molecule is COc1ccc2ncc(Cl)c(CCCC3(CC(=O)O)CCN(CCNc4cc(F)c(F)c(F)c4)CC3)c2c1. The van der Waals surface area contributed by atoms with Crippen molar-refractivity contribution < 1.29 is 27.8 Å². The van der Waals surface area contributed by atoms with E-state index in [4.69, 9.17) is 16.3 Å². The third-order valence-corrected chi connectivity index (χ3v) is 7.78. The van der Waals surface area contributed by atoms with Crippen LogP contribution in [-0.4, -0.2) is 54.2 Å². The number of nitrogens with one attached hydrogen (secondary N) is 1. The van der Waals surface area contributed by atoms with Gasteiger partial charge in [0.2, 0.25) is 0 Å². The van der Waals surface area contributed by atoms with Crippen LogP contribution in [0.15, 0.2) is 36.5 Å². The number of methoxy groups -OCH3 is 1. The number of ether oxygens (including phenoxy) is 1. The predicted molar refractivity (Wildman–Crippen MR) is 141 cm³/mol. The molecule has 0 spiro atoms. The summed E-state index contributed by atoms with van der Waals surface area (Å²) in [7, 11) is 1.61. The van der Waals surface area contributed by atoms with Gasteiger partial charge in [0.05, 0.1) is 24.1 Å². The molecule has 0 saturated carbocycles. The number of aliphatic carboxylic acids is 1. The van der Waals surface area contributed by atoms with Crippen LogP contribution in [0.5, 0.6) is 5.75 Å². The molecule has 0 radical (unpaired) electrons. The summed E-state index contributed by atoms with van der Waals surface area (Å²) in [5.74, 6) is -4.03. The molecule has 1 fully saturated rings. The minimum absolute atomic E-state index is 0.103. The van der Waals surface area contributed by atoms with Crippen molar-refractivity contribution in [1.29, 1.82) is 0 Å². The van der Waals surface area contributed by atoms with Crippen LogP contribution in [0.1, 0.15) is 37.7 Å². The average Bonchev–Trinajstić information content (AvgIpc) is 2.89. The lowest BCUT2D eigenvalue weighted by Gasteiger charge is -2.41. The zero-order valence-electron chi connectivity index (χ0n) is 21.2. The number of anilines is 1. The van der Waals surface area contributed by atoms with E-state index in [0.29, 0.717) is 24.5 Å². The molecule has 204 valence electrons. The first-order valence-corrected chi connectivity index (χ1v) is 13.0. The second kappa shape index (κ2) is 12.2. The Morgan fingerprint density at radius 2 is 1.89 bits per heavy atom. The smallest absolute Gasteiger partial charge is 0.303 e. The number of nitrogens with zero attached hydrogens (tertiary/aromatic N) is 2. The molecule has 38 heavy (non-hydrogen) atoms. The standard InChI is InChI=1S/C28H31ClF3N3O3/c1-38-19-4-5-25-21(15-19)20(22(29)17-34-25)3-2-6-28(16-26(36)37)7-10-35(11-8-28)12-9-33-18-13-23(30)27(32)24(31)14-18/h4-5,13-15,17,33H,2-3,6-12,16H2,1H3,(H,36,37). The molecule has 1 aliphatic rings. The summed E-state index contributed by atoms with van der Waals surface area (Å²) in [5, 5.41) is 14.1. The molecule has 0 amide bonds. The van der Waals surface area contributed by atoms with Gasteiger partial charge in [-0.2, -0.15) is 0 Å². The van der Waals surface area contributed by atoms with Gasteiger partial charge in [0.1, 0.15) is 5.75 Å². The lowest BCUT2D eigenvalue weighted by molar-refractivity contribution is -0.140. The zero-order valence-corrected chi connectivity index (χ0v) is 22.0. The van der Waals surface area contributed by atoms with Gasteiger partial charge in [0.25, 0.3) is 0 Å². The van der Waals surface area contributed by atoms with Gasteiger partial charge in [0, 0.05) is 42.5 Å². The van der Waals surface area contributed by atoms with Gasteiger partial charge in [-0.25, -0.2) is 13.2 Å². The third-order valence-electron chi connectivity index (χ3n) is 7.45. The van der Waals surface area contributed by atoms with Crippen molar-refractivity contribution in [3.8, 4) is 5.75 Å². The maximum absolute atomic E-state index is 13.4. The van der Waals surface area contributed by atoms with Crippen LogP contribution in [-0.2, 0) is 11.2 Å². The highest BCUT2D eigenvalue weighted by Gasteiger charge is 2.36. The highest BCUT2D eigenvalue weighted by molar-refractivity contribution is 6.32. The number of halogens is 4. The first-order valence-electron chi connectivity index (χ1n) is 12.6. The van der Waals surface area contributed by atoms with E-state index in [1.54, 1.807) is 13.3 Å². The fourth-order valence-electron chi connectivity index (χ4n) is 5.33. The molecule has 10 heteroatoms. The van der Waals surface area contributed by atoms with Gasteiger partial charge in [-0.15, -0.1) is 0 Å². The molecule has 1 aliphatic heterocycles. The Labute approximate surface area is 224 Å². The van der Waals surface area contributed by atoms with Crippen LogP contribution in [0.4, 0.5) is 18.9 Å². The van der Waals surface area contributed by atoms with E-state index >= 15 is 0 Å². The number of aromatic nitrogens is 1. The van der Waals surface area contributed by atoms with Crippen molar-refractivity contribution in [2.24, 2.45) is 5.41 Å². The number of fused-ring (bicyclic) bond motifs is 1. The maximum Gasteiger partial charge on any atom is 0.303 e. The van der Waals surface area contributed by atoms with Gasteiger partial charge in [-0.3, -0.25) is 9.78 Å². The molecule has 2 heterocycles. The summed E-state index contributed by atoms with van der Waals surface area (Å²) in [5.41, 5.74) is 1.68. The van der Waals surface area contributed by atoms with Gasteiger partial charge in [0.15, 0.2) is 17.5 Å². The Morgan fingerprint density at radius 1 is 1.18 bits per heavy atom. The molecule has 1 aromatic heterocycles. The number of hydrogen-bond acceptors (Lipinski definition) is 5. The van der Waals surface area contributed by atoms with Crippen LogP contribution in [0.2, 0.25) is 5.02 Å². The molecule has 6 nitrogen and oxygen atoms in total. The molecule has 1 saturated heterocycles. The van der Waals surface area contributed by atoms with E-state index in [9.17, 15) is 23.1 Å². The first kappa shape index (κ1) is 28.0. The molecule has 0 atom stereocenters. The number of aryl methyl sites for hydroxylation is 1. The van der Waals surface area contributed by atoms with E-state index in [1.165, 1.54) is 0 Å². The second-order valence-corrected chi connectivity index (χ2v) is 10.3. The van der Waals surface area contributed by atoms with Crippen molar-refractivity contribution in [3.05, 3.63) is 64.6 Å². The molecule has 2 N–H and O–H groups in total. The van der Waals surface area contributed by atoms with Gasteiger partial charge < -0.3 is 20.1 Å². The Bertz CT molecular complexity index is 1280. The molecule has 4 rings (SSSR count). The first-order chi connectivity index (χ1) is 18.2. The molecule has 0 unspecified atom stereocenters. The lowest BCUT2D eigenvalue weighted by Crippen LogP contribution is -2.43. The lowest BCUT2D eigenvalue weighted by atomic mass is 9.72. The number of piperidine rings is 1. The summed E-state index contributed by atoms with van der Waals surface area (Å²) in [6, 6.07) is 7.54. The Balaban J connectivity index is 1.34. The van der Waals surface area contributed by atoms with Crippen LogP contribution >= 0.6 is 11.6 Å².